The van der Waals surface area contributed by atoms with Crippen LogP contribution in [0.1, 0.15) is 36.0 Å². The van der Waals surface area contributed by atoms with Crippen molar-refractivity contribution in [2.24, 2.45) is 0 Å². The number of carbonyl (C=O) groups excluding carboxylic acids is 1. The molecule has 0 saturated heterocycles. The first-order chi connectivity index (χ1) is 8.97. The molecule has 0 radical (unpaired) electrons. The fourth-order valence-electron chi connectivity index (χ4n) is 2.26. The van der Waals surface area contributed by atoms with E-state index in [-0.39, 0.29) is 23.4 Å². The highest BCUT2D eigenvalue weighted by atomic mass is 19.1. The lowest BCUT2D eigenvalue weighted by Gasteiger charge is -2.26. The Morgan fingerprint density at radius 3 is 2.53 bits per heavy atom. The first-order valence-corrected chi connectivity index (χ1v) is 6.21. The van der Waals surface area contributed by atoms with E-state index in [0.717, 1.165) is 12.1 Å². The van der Waals surface area contributed by atoms with Crippen LogP contribution in [-0.2, 0) is 0 Å². The molecular formula is C13H16F2N2O2. The zero-order chi connectivity index (χ0) is 14.0. The molecule has 0 atom stereocenters. The second-order valence-corrected chi connectivity index (χ2v) is 4.84. The number of carbonyl (C=O) groups is 1. The molecule has 1 saturated carbocycles. The predicted octanol–water partition coefficient (Wildman–Crippen LogP) is 1.58. The molecule has 1 fully saturated rings. The molecule has 104 valence electrons. The van der Waals surface area contributed by atoms with Gasteiger partial charge in [0.05, 0.1) is 17.4 Å². The fourth-order valence-corrected chi connectivity index (χ4v) is 2.26. The Bertz CT molecular complexity index is 486. The summed E-state index contributed by atoms with van der Waals surface area (Å²) in [5, 5.41) is 12.0. The van der Waals surface area contributed by atoms with Gasteiger partial charge in [-0.3, -0.25) is 4.79 Å². The lowest BCUT2D eigenvalue weighted by atomic mass is 9.93. The maximum Gasteiger partial charge on any atom is 0.254 e. The maximum absolute atomic E-state index is 13.7. The number of nitrogens with two attached hydrogens (primary N) is 1. The molecule has 0 aromatic heterocycles. The van der Waals surface area contributed by atoms with Crippen LogP contribution >= 0.6 is 0 Å². The van der Waals surface area contributed by atoms with Crippen molar-refractivity contribution in [1.29, 1.82) is 0 Å². The summed E-state index contributed by atoms with van der Waals surface area (Å²) in [5.74, 6) is -2.33. The van der Waals surface area contributed by atoms with Gasteiger partial charge in [-0.2, -0.15) is 0 Å². The fraction of sp³-hybridized carbons (Fsp3) is 0.462. The topological polar surface area (TPSA) is 75.4 Å². The highest BCUT2D eigenvalue weighted by molar-refractivity contribution is 5.95. The van der Waals surface area contributed by atoms with Crippen LogP contribution in [0.25, 0.3) is 0 Å². The first kappa shape index (κ1) is 13.7. The van der Waals surface area contributed by atoms with E-state index in [2.05, 4.69) is 5.32 Å². The van der Waals surface area contributed by atoms with Crippen LogP contribution in [0.5, 0.6) is 0 Å². The number of nitrogens with one attached hydrogen (secondary N) is 1. The van der Waals surface area contributed by atoms with Crippen molar-refractivity contribution in [3.8, 4) is 0 Å². The van der Waals surface area contributed by atoms with Gasteiger partial charge in [0.15, 0.2) is 5.82 Å². The summed E-state index contributed by atoms with van der Waals surface area (Å²) >= 11 is 0. The summed E-state index contributed by atoms with van der Waals surface area (Å²) in [6, 6.07) is 1.54. The van der Waals surface area contributed by atoms with E-state index in [0.29, 0.717) is 25.7 Å². The molecule has 4 N–H and O–H groups in total. The number of halogens is 2. The van der Waals surface area contributed by atoms with Gasteiger partial charge in [-0.25, -0.2) is 8.78 Å². The number of anilines is 1. The summed E-state index contributed by atoms with van der Waals surface area (Å²) in [7, 11) is 0. The number of aliphatic hydroxyl groups is 1. The lowest BCUT2D eigenvalue weighted by molar-refractivity contribution is 0.0863. The van der Waals surface area contributed by atoms with Crippen molar-refractivity contribution in [3.63, 3.8) is 0 Å². The number of benzene rings is 1. The molecule has 0 spiro atoms. The predicted molar refractivity (Wildman–Crippen MR) is 66.5 cm³/mol. The van der Waals surface area contributed by atoms with Crippen LogP contribution in [0.2, 0.25) is 0 Å². The summed E-state index contributed by atoms with van der Waals surface area (Å²) in [6.45, 7) is 0. The third-order valence-electron chi connectivity index (χ3n) is 3.34. The Balaban J connectivity index is 2.08. The lowest BCUT2D eigenvalue weighted by Crippen LogP contribution is -2.39. The molecule has 0 bridgehead atoms. The van der Waals surface area contributed by atoms with Gasteiger partial charge < -0.3 is 16.2 Å². The van der Waals surface area contributed by atoms with Gasteiger partial charge >= 0.3 is 0 Å². The molecule has 1 aromatic carbocycles. The second kappa shape index (κ2) is 5.52. The van der Waals surface area contributed by atoms with Gasteiger partial charge in [-0.05, 0) is 37.8 Å². The van der Waals surface area contributed by atoms with Crippen LogP contribution in [0, 0.1) is 11.6 Å². The van der Waals surface area contributed by atoms with Gasteiger partial charge in [0, 0.05) is 6.04 Å². The molecule has 2 rings (SSSR count). The van der Waals surface area contributed by atoms with Crippen molar-refractivity contribution >= 4 is 11.6 Å². The van der Waals surface area contributed by atoms with Gasteiger partial charge in [-0.1, -0.05) is 0 Å². The summed E-state index contributed by atoms with van der Waals surface area (Å²) in [6.07, 6.45) is 2.10. The van der Waals surface area contributed by atoms with E-state index < -0.39 is 17.5 Å². The van der Waals surface area contributed by atoms with Gasteiger partial charge in [0.1, 0.15) is 5.82 Å². The number of rotatable bonds is 2. The molecule has 0 unspecified atom stereocenters. The number of hydrogen-bond acceptors (Lipinski definition) is 3. The van der Waals surface area contributed by atoms with Crippen LogP contribution < -0.4 is 11.1 Å². The first-order valence-electron chi connectivity index (χ1n) is 6.21. The van der Waals surface area contributed by atoms with Crippen molar-refractivity contribution < 1.29 is 18.7 Å². The van der Waals surface area contributed by atoms with Crippen molar-refractivity contribution in [2.45, 2.75) is 37.8 Å². The van der Waals surface area contributed by atoms with Crippen LogP contribution in [0.15, 0.2) is 12.1 Å². The molecule has 1 aliphatic rings. The average molecular weight is 270 g/mol. The standard InChI is InChI=1S/C13H16F2N2O2/c14-7-5-10(12(15)11(16)6-7)13(19)17-8-1-3-9(18)4-2-8/h5-6,8-9,18H,1-4,16H2,(H,17,19). The second-order valence-electron chi connectivity index (χ2n) is 4.84. The third kappa shape index (κ3) is 3.20. The molecular weight excluding hydrogens is 254 g/mol. The van der Waals surface area contributed by atoms with E-state index in [1.807, 2.05) is 0 Å². The quantitative estimate of drug-likeness (QED) is 0.714. The highest BCUT2D eigenvalue weighted by Gasteiger charge is 2.23. The smallest absolute Gasteiger partial charge is 0.254 e. The van der Waals surface area contributed by atoms with E-state index in [1.165, 1.54) is 0 Å². The zero-order valence-corrected chi connectivity index (χ0v) is 10.3. The molecule has 0 heterocycles. The maximum atomic E-state index is 13.7. The van der Waals surface area contributed by atoms with E-state index >= 15 is 0 Å². The van der Waals surface area contributed by atoms with Crippen molar-refractivity contribution in [2.75, 3.05) is 5.73 Å². The number of nitrogen functional groups attached to an aromatic ring is 1. The molecule has 6 heteroatoms. The van der Waals surface area contributed by atoms with Gasteiger partial charge in [0.2, 0.25) is 0 Å². The Morgan fingerprint density at radius 2 is 1.89 bits per heavy atom. The summed E-state index contributed by atoms with van der Waals surface area (Å²) in [4.78, 5) is 11.9. The molecule has 1 amide bonds. The van der Waals surface area contributed by atoms with Crippen molar-refractivity contribution in [1.82, 2.24) is 5.32 Å². The van der Waals surface area contributed by atoms with Crippen molar-refractivity contribution in [3.05, 3.63) is 29.3 Å². The Hall–Kier alpha value is -1.69. The third-order valence-corrected chi connectivity index (χ3v) is 3.34. The zero-order valence-electron chi connectivity index (χ0n) is 10.3. The number of amides is 1. The van der Waals surface area contributed by atoms with Crippen LogP contribution in [0.4, 0.5) is 14.5 Å². The Labute approximate surface area is 109 Å². The molecule has 1 aliphatic carbocycles. The Morgan fingerprint density at radius 1 is 1.26 bits per heavy atom. The molecule has 0 aliphatic heterocycles. The molecule has 4 nitrogen and oxygen atoms in total. The Kier molecular flexibility index (Phi) is 3.99. The average Bonchev–Trinajstić information content (AvgIpc) is 2.36. The SMILES string of the molecule is Nc1cc(F)cc(C(=O)NC2CCC(O)CC2)c1F. The minimum Gasteiger partial charge on any atom is -0.396 e. The highest BCUT2D eigenvalue weighted by Crippen LogP contribution is 2.21. The van der Waals surface area contributed by atoms with Crippen LogP contribution in [0.3, 0.4) is 0 Å². The monoisotopic (exact) mass is 270 g/mol. The minimum atomic E-state index is -0.908. The summed E-state index contributed by atoms with van der Waals surface area (Å²) < 4.78 is 26.8. The molecule has 1 aromatic rings. The number of hydrogen-bond donors (Lipinski definition) is 3. The normalized spacial score (nSPS) is 23.1. The molecule has 19 heavy (non-hydrogen) atoms. The summed E-state index contributed by atoms with van der Waals surface area (Å²) in [5.41, 5.74) is 4.51. The minimum absolute atomic E-state index is 0.125. The van der Waals surface area contributed by atoms with E-state index in [4.69, 9.17) is 5.73 Å². The van der Waals surface area contributed by atoms with Crippen LogP contribution in [-0.4, -0.2) is 23.2 Å². The van der Waals surface area contributed by atoms with E-state index in [9.17, 15) is 18.7 Å². The van der Waals surface area contributed by atoms with Gasteiger partial charge in [-0.15, -0.1) is 0 Å². The largest absolute Gasteiger partial charge is 0.396 e. The number of aliphatic hydroxyl groups excluding tert-OH is 1. The van der Waals surface area contributed by atoms with E-state index in [1.54, 1.807) is 0 Å². The van der Waals surface area contributed by atoms with Gasteiger partial charge in [0.25, 0.3) is 5.91 Å².